The van der Waals surface area contributed by atoms with Gasteiger partial charge in [-0.05, 0) is 15.9 Å². The van der Waals surface area contributed by atoms with Crippen LogP contribution >= 0.6 is 15.9 Å². The number of halogens is 1. The number of amides is 1. The van der Waals surface area contributed by atoms with E-state index < -0.39 is 0 Å². The number of nitrogens with zero attached hydrogens (tertiary/aromatic N) is 3. The molecule has 8 heteroatoms. The SMILES string of the molecule is COCn1cc(NC(=O)c2[nH]ncc2Br)cn1. The van der Waals surface area contributed by atoms with Crippen LogP contribution in [0.15, 0.2) is 23.1 Å². The number of hydrogen-bond donors (Lipinski definition) is 2. The first-order valence-electron chi connectivity index (χ1n) is 4.72. The predicted molar refractivity (Wildman–Crippen MR) is 63.5 cm³/mol. The molecule has 0 saturated heterocycles. The molecule has 2 aromatic rings. The van der Waals surface area contributed by atoms with Gasteiger partial charge in [-0.2, -0.15) is 10.2 Å². The number of anilines is 1. The monoisotopic (exact) mass is 299 g/mol. The van der Waals surface area contributed by atoms with Crippen LogP contribution in [0.3, 0.4) is 0 Å². The van der Waals surface area contributed by atoms with Gasteiger partial charge in [0, 0.05) is 7.11 Å². The lowest BCUT2D eigenvalue weighted by molar-refractivity contribution is 0.102. The molecule has 1 amide bonds. The number of rotatable bonds is 4. The second-order valence-electron chi connectivity index (χ2n) is 3.23. The van der Waals surface area contributed by atoms with Crippen LogP contribution in [0.5, 0.6) is 0 Å². The van der Waals surface area contributed by atoms with E-state index >= 15 is 0 Å². The van der Waals surface area contributed by atoms with Crippen molar-refractivity contribution in [1.29, 1.82) is 0 Å². The van der Waals surface area contributed by atoms with Crippen molar-refractivity contribution in [3.05, 3.63) is 28.8 Å². The topological polar surface area (TPSA) is 84.8 Å². The zero-order valence-corrected chi connectivity index (χ0v) is 10.6. The Bertz CT molecular complexity index is 521. The second kappa shape index (κ2) is 5.11. The molecule has 0 spiro atoms. The lowest BCUT2D eigenvalue weighted by Crippen LogP contribution is -2.12. The summed E-state index contributed by atoms with van der Waals surface area (Å²) in [6.45, 7) is 0.337. The molecule has 0 aliphatic rings. The first kappa shape index (κ1) is 11.8. The van der Waals surface area contributed by atoms with Gasteiger partial charge in [0.25, 0.3) is 5.91 Å². The van der Waals surface area contributed by atoms with Crippen LogP contribution in [0, 0.1) is 0 Å². The molecule has 0 aromatic carbocycles. The van der Waals surface area contributed by atoms with Crippen LogP contribution < -0.4 is 5.32 Å². The van der Waals surface area contributed by atoms with Crippen LogP contribution in [0.1, 0.15) is 10.5 Å². The summed E-state index contributed by atoms with van der Waals surface area (Å²) in [6, 6.07) is 0. The van der Waals surface area contributed by atoms with Crippen LogP contribution in [0.25, 0.3) is 0 Å². The van der Waals surface area contributed by atoms with Crippen molar-refractivity contribution in [2.75, 3.05) is 12.4 Å². The zero-order valence-electron chi connectivity index (χ0n) is 8.98. The maximum absolute atomic E-state index is 11.8. The number of carbonyl (C=O) groups excluding carboxylic acids is 1. The Morgan fingerprint density at radius 2 is 2.47 bits per heavy atom. The van der Waals surface area contributed by atoms with Gasteiger partial charge >= 0.3 is 0 Å². The fraction of sp³-hybridized carbons (Fsp3) is 0.222. The molecule has 2 heterocycles. The van der Waals surface area contributed by atoms with E-state index in [1.165, 1.54) is 6.20 Å². The number of carbonyl (C=O) groups is 1. The molecule has 0 bridgehead atoms. The second-order valence-corrected chi connectivity index (χ2v) is 4.09. The van der Waals surface area contributed by atoms with Crippen molar-refractivity contribution in [2.24, 2.45) is 0 Å². The molecular formula is C9H10BrN5O2. The van der Waals surface area contributed by atoms with E-state index in [2.05, 4.69) is 36.5 Å². The van der Waals surface area contributed by atoms with Gasteiger partial charge < -0.3 is 10.1 Å². The molecule has 0 unspecified atom stereocenters. The van der Waals surface area contributed by atoms with E-state index in [1.807, 2.05) is 0 Å². The number of methoxy groups -OCH3 is 1. The molecule has 0 saturated carbocycles. The van der Waals surface area contributed by atoms with E-state index in [0.717, 1.165) is 0 Å². The summed E-state index contributed by atoms with van der Waals surface area (Å²) in [4.78, 5) is 11.8. The Morgan fingerprint density at radius 3 is 3.12 bits per heavy atom. The average molecular weight is 300 g/mol. The third-order valence-electron chi connectivity index (χ3n) is 1.97. The standard InChI is InChI=1S/C9H10BrN5O2/c1-17-5-15-4-6(2-12-15)13-9(16)8-7(10)3-11-14-8/h2-4H,5H2,1H3,(H,11,14)(H,13,16). The summed E-state index contributed by atoms with van der Waals surface area (Å²) < 4.78 is 7.08. The molecule has 0 aliphatic carbocycles. The number of aromatic amines is 1. The maximum Gasteiger partial charge on any atom is 0.274 e. The highest BCUT2D eigenvalue weighted by Crippen LogP contribution is 2.14. The third kappa shape index (κ3) is 2.71. The average Bonchev–Trinajstić information content (AvgIpc) is 2.88. The number of H-pyrrole nitrogens is 1. The van der Waals surface area contributed by atoms with Crippen molar-refractivity contribution < 1.29 is 9.53 Å². The van der Waals surface area contributed by atoms with Gasteiger partial charge in [-0.1, -0.05) is 0 Å². The van der Waals surface area contributed by atoms with Gasteiger partial charge in [0.15, 0.2) is 0 Å². The van der Waals surface area contributed by atoms with Gasteiger partial charge in [-0.3, -0.25) is 9.89 Å². The zero-order chi connectivity index (χ0) is 12.3. The highest BCUT2D eigenvalue weighted by atomic mass is 79.9. The number of nitrogens with one attached hydrogen (secondary N) is 2. The van der Waals surface area contributed by atoms with Crippen LogP contribution in [0.2, 0.25) is 0 Å². The molecule has 17 heavy (non-hydrogen) atoms. The molecule has 2 rings (SSSR count). The van der Waals surface area contributed by atoms with Crippen molar-refractivity contribution in [1.82, 2.24) is 20.0 Å². The first-order valence-corrected chi connectivity index (χ1v) is 5.51. The molecule has 0 atom stereocenters. The summed E-state index contributed by atoms with van der Waals surface area (Å²) in [7, 11) is 1.57. The van der Waals surface area contributed by atoms with E-state index in [9.17, 15) is 4.79 Å². The Kier molecular flexibility index (Phi) is 3.55. The summed E-state index contributed by atoms with van der Waals surface area (Å²) in [5.74, 6) is -0.286. The smallest absolute Gasteiger partial charge is 0.274 e. The van der Waals surface area contributed by atoms with Gasteiger partial charge in [0.05, 0.1) is 28.8 Å². The number of hydrogen-bond acceptors (Lipinski definition) is 4. The Hall–Kier alpha value is -1.67. The normalized spacial score (nSPS) is 10.5. The lowest BCUT2D eigenvalue weighted by Gasteiger charge is -2.00. The number of ether oxygens (including phenoxy) is 1. The molecular weight excluding hydrogens is 290 g/mol. The van der Waals surface area contributed by atoms with E-state index in [0.29, 0.717) is 22.6 Å². The largest absolute Gasteiger partial charge is 0.362 e. The minimum atomic E-state index is -0.286. The van der Waals surface area contributed by atoms with E-state index in [4.69, 9.17) is 4.74 Å². The van der Waals surface area contributed by atoms with Gasteiger partial charge in [-0.25, -0.2) is 4.68 Å². The summed E-state index contributed by atoms with van der Waals surface area (Å²) in [6.07, 6.45) is 4.73. The highest BCUT2D eigenvalue weighted by molar-refractivity contribution is 9.10. The predicted octanol–water partition coefficient (Wildman–Crippen LogP) is 1.22. The van der Waals surface area contributed by atoms with Crippen molar-refractivity contribution in [2.45, 2.75) is 6.73 Å². The van der Waals surface area contributed by atoms with Crippen LogP contribution in [0.4, 0.5) is 5.69 Å². The quantitative estimate of drug-likeness (QED) is 0.889. The summed E-state index contributed by atoms with van der Waals surface area (Å²) >= 11 is 3.21. The molecule has 0 radical (unpaired) electrons. The Labute approximate surface area is 105 Å². The van der Waals surface area contributed by atoms with Gasteiger partial charge in [0.1, 0.15) is 12.4 Å². The fourth-order valence-corrected chi connectivity index (χ4v) is 1.63. The Balaban J connectivity index is 2.05. The van der Waals surface area contributed by atoms with Gasteiger partial charge in [-0.15, -0.1) is 0 Å². The lowest BCUT2D eigenvalue weighted by atomic mass is 10.4. The molecule has 2 aromatic heterocycles. The van der Waals surface area contributed by atoms with Crippen LogP contribution in [-0.4, -0.2) is 33.0 Å². The van der Waals surface area contributed by atoms with E-state index in [1.54, 1.807) is 24.2 Å². The van der Waals surface area contributed by atoms with E-state index in [-0.39, 0.29) is 5.91 Å². The van der Waals surface area contributed by atoms with Gasteiger partial charge in [0.2, 0.25) is 0 Å². The maximum atomic E-state index is 11.8. The molecule has 90 valence electrons. The number of aromatic nitrogens is 4. The summed E-state index contributed by atoms with van der Waals surface area (Å²) in [5, 5.41) is 13.0. The Morgan fingerprint density at radius 1 is 1.65 bits per heavy atom. The fourth-order valence-electron chi connectivity index (χ4n) is 1.26. The molecule has 0 aliphatic heterocycles. The molecule has 0 fully saturated rings. The minimum absolute atomic E-state index is 0.286. The third-order valence-corrected chi connectivity index (χ3v) is 2.57. The summed E-state index contributed by atoms with van der Waals surface area (Å²) in [5.41, 5.74) is 0.957. The van der Waals surface area contributed by atoms with Crippen LogP contribution in [-0.2, 0) is 11.5 Å². The van der Waals surface area contributed by atoms with Crippen molar-refractivity contribution in [3.63, 3.8) is 0 Å². The molecule has 7 nitrogen and oxygen atoms in total. The molecule has 2 N–H and O–H groups in total. The van der Waals surface area contributed by atoms with Crippen molar-refractivity contribution in [3.8, 4) is 0 Å². The first-order chi connectivity index (χ1) is 8.20. The highest BCUT2D eigenvalue weighted by Gasteiger charge is 2.12. The van der Waals surface area contributed by atoms with Crippen molar-refractivity contribution >= 4 is 27.5 Å². The minimum Gasteiger partial charge on any atom is -0.362 e.